The topological polar surface area (TPSA) is 86.1 Å². The van der Waals surface area contributed by atoms with Crippen molar-refractivity contribution in [1.29, 1.82) is 0 Å². The highest BCUT2D eigenvalue weighted by atomic mass is 32.1. The summed E-state index contributed by atoms with van der Waals surface area (Å²) in [5, 5.41) is 4.55. The average Bonchev–Trinajstić information content (AvgIpc) is 3.09. The Labute approximate surface area is 126 Å². The number of carbonyl (C=O) groups is 2. The molecule has 0 fully saturated rings. The standard InChI is InChI=1S/C13H16N4O3S/c1-3-20-13(19)12-16-10(7-21-12)11(18)15-9(2)6-17-5-4-14-8-17/h4-5,7-9H,3,6H2,1-2H3,(H,15,18). The van der Waals surface area contributed by atoms with E-state index >= 15 is 0 Å². The van der Waals surface area contributed by atoms with E-state index in [1.54, 1.807) is 24.8 Å². The zero-order valence-electron chi connectivity index (χ0n) is 11.8. The van der Waals surface area contributed by atoms with Gasteiger partial charge in [0.05, 0.1) is 12.9 Å². The number of nitrogens with one attached hydrogen (secondary N) is 1. The van der Waals surface area contributed by atoms with E-state index in [2.05, 4.69) is 15.3 Å². The number of rotatable bonds is 6. The maximum Gasteiger partial charge on any atom is 0.367 e. The zero-order valence-corrected chi connectivity index (χ0v) is 12.6. The molecule has 0 bridgehead atoms. The molecule has 1 atom stereocenters. The number of aromatic nitrogens is 3. The summed E-state index contributed by atoms with van der Waals surface area (Å²) in [5.74, 6) is -0.817. The van der Waals surface area contributed by atoms with Crippen LogP contribution in [0.5, 0.6) is 0 Å². The molecule has 1 amide bonds. The normalized spacial score (nSPS) is 11.9. The van der Waals surface area contributed by atoms with Gasteiger partial charge in [-0.1, -0.05) is 0 Å². The molecule has 2 aromatic rings. The molecule has 8 heteroatoms. The van der Waals surface area contributed by atoms with Gasteiger partial charge in [0.25, 0.3) is 5.91 Å². The van der Waals surface area contributed by atoms with Crippen LogP contribution in [0.1, 0.15) is 34.1 Å². The summed E-state index contributed by atoms with van der Waals surface area (Å²) in [6.45, 7) is 4.50. The summed E-state index contributed by atoms with van der Waals surface area (Å²) in [7, 11) is 0. The number of carbonyl (C=O) groups excluding carboxylic acids is 2. The van der Waals surface area contributed by atoms with E-state index in [9.17, 15) is 9.59 Å². The first kappa shape index (κ1) is 15.2. The van der Waals surface area contributed by atoms with Gasteiger partial charge in [0.15, 0.2) is 0 Å². The van der Waals surface area contributed by atoms with E-state index in [0.29, 0.717) is 6.54 Å². The summed E-state index contributed by atoms with van der Waals surface area (Å²) < 4.78 is 6.71. The molecule has 0 saturated heterocycles. The highest BCUT2D eigenvalue weighted by Crippen LogP contribution is 2.11. The van der Waals surface area contributed by atoms with Gasteiger partial charge in [-0.05, 0) is 13.8 Å². The van der Waals surface area contributed by atoms with Gasteiger partial charge in [0.2, 0.25) is 5.01 Å². The van der Waals surface area contributed by atoms with Gasteiger partial charge in [-0.25, -0.2) is 14.8 Å². The minimum Gasteiger partial charge on any atom is -0.461 e. The maximum absolute atomic E-state index is 12.0. The molecule has 2 aromatic heterocycles. The molecule has 1 unspecified atom stereocenters. The average molecular weight is 308 g/mol. The highest BCUT2D eigenvalue weighted by Gasteiger charge is 2.17. The minimum absolute atomic E-state index is 0.0838. The Morgan fingerprint density at radius 3 is 3.00 bits per heavy atom. The van der Waals surface area contributed by atoms with Gasteiger partial charge in [0, 0.05) is 30.4 Å². The Balaban J connectivity index is 1.92. The van der Waals surface area contributed by atoms with Gasteiger partial charge >= 0.3 is 5.97 Å². The van der Waals surface area contributed by atoms with Crippen LogP contribution in [-0.4, -0.2) is 39.1 Å². The third-order valence-electron chi connectivity index (χ3n) is 2.61. The summed E-state index contributed by atoms with van der Waals surface area (Å²) in [6, 6.07) is -0.0838. The van der Waals surface area contributed by atoms with Crippen LogP contribution < -0.4 is 5.32 Å². The largest absolute Gasteiger partial charge is 0.461 e. The van der Waals surface area contributed by atoms with E-state index in [0.717, 1.165) is 11.3 Å². The second-order valence-electron chi connectivity index (χ2n) is 4.39. The predicted octanol–water partition coefficient (Wildman–Crippen LogP) is 1.33. The summed E-state index contributed by atoms with van der Waals surface area (Å²) >= 11 is 1.10. The Morgan fingerprint density at radius 1 is 1.52 bits per heavy atom. The molecular weight excluding hydrogens is 292 g/mol. The molecule has 1 N–H and O–H groups in total. The molecule has 7 nitrogen and oxygen atoms in total. The van der Waals surface area contributed by atoms with Crippen molar-refractivity contribution in [3.05, 3.63) is 34.8 Å². The molecule has 2 heterocycles. The third kappa shape index (κ3) is 4.12. The molecule has 2 rings (SSSR count). The smallest absolute Gasteiger partial charge is 0.367 e. The first-order valence-electron chi connectivity index (χ1n) is 6.49. The van der Waals surface area contributed by atoms with Crippen LogP contribution in [0.15, 0.2) is 24.1 Å². The fourth-order valence-corrected chi connectivity index (χ4v) is 2.41. The third-order valence-corrected chi connectivity index (χ3v) is 3.43. The Bertz CT molecular complexity index is 609. The highest BCUT2D eigenvalue weighted by molar-refractivity contribution is 7.11. The SMILES string of the molecule is CCOC(=O)c1nc(C(=O)NC(C)Cn2ccnc2)cs1. The lowest BCUT2D eigenvalue weighted by atomic mass is 10.3. The van der Waals surface area contributed by atoms with Crippen LogP contribution >= 0.6 is 11.3 Å². The fraction of sp³-hybridized carbons (Fsp3) is 0.385. The van der Waals surface area contributed by atoms with Gasteiger partial charge in [-0.15, -0.1) is 11.3 Å². The molecule has 21 heavy (non-hydrogen) atoms. The summed E-state index contributed by atoms with van der Waals surface area (Å²) in [5.41, 5.74) is 0.223. The molecular formula is C13H16N4O3S. The first-order chi connectivity index (χ1) is 10.1. The second kappa shape index (κ2) is 6.98. The van der Waals surface area contributed by atoms with Gasteiger partial charge in [-0.3, -0.25) is 4.79 Å². The summed E-state index contributed by atoms with van der Waals surface area (Å²) in [6.07, 6.45) is 5.19. The van der Waals surface area contributed by atoms with Crippen LogP contribution in [0, 0.1) is 0 Å². The Morgan fingerprint density at radius 2 is 2.33 bits per heavy atom. The van der Waals surface area contributed by atoms with E-state index in [-0.39, 0.29) is 29.3 Å². The van der Waals surface area contributed by atoms with E-state index in [1.165, 1.54) is 0 Å². The number of nitrogens with zero attached hydrogens (tertiary/aromatic N) is 3. The van der Waals surface area contributed by atoms with Gasteiger partial charge in [0.1, 0.15) is 5.69 Å². The molecule has 112 valence electrons. The number of hydrogen-bond acceptors (Lipinski definition) is 6. The predicted molar refractivity (Wildman–Crippen MR) is 77.2 cm³/mol. The quantitative estimate of drug-likeness (QED) is 0.814. The second-order valence-corrected chi connectivity index (χ2v) is 5.25. The van der Waals surface area contributed by atoms with Gasteiger partial charge in [-0.2, -0.15) is 0 Å². The van der Waals surface area contributed by atoms with Crippen molar-refractivity contribution in [2.75, 3.05) is 6.61 Å². The van der Waals surface area contributed by atoms with Crippen LogP contribution in [0.2, 0.25) is 0 Å². The Kier molecular flexibility index (Phi) is 5.04. The van der Waals surface area contributed by atoms with Crippen molar-refractivity contribution in [2.24, 2.45) is 0 Å². The summed E-state index contributed by atoms with van der Waals surface area (Å²) in [4.78, 5) is 31.5. The zero-order chi connectivity index (χ0) is 15.2. The first-order valence-corrected chi connectivity index (χ1v) is 7.37. The molecule has 0 radical (unpaired) electrons. The monoisotopic (exact) mass is 308 g/mol. The molecule has 0 aliphatic heterocycles. The van der Waals surface area contributed by atoms with Crippen LogP contribution in [0.3, 0.4) is 0 Å². The molecule has 0 saturated carbocycles. The minimum atomic E-state index is -0.506. The molecule has 0 aliphatic carbocycles. The number of ether oxygens (including phenoxy) is 1. The van der Waals surface area contributed by atoms with E-state index < -0.39 is 5.97 Å². The lowest BCUT2D eigenvalue weighted by Crippen LogP contribution is -2.35. The van der Waals surface area contributed by atoms with E-state index in [4.69, 9.17) is 4.74 Å². The van der Waals surface area contributed by atoms with Crippen LogP contribution in [0.25, 0.3) is 0 Å². The lowest BCUT2D eigenvalue weighted by Gasteiger charge is -2.13. The number of imidazole rings is 1. The lowest BCUT2D eigenvalue weighted by molar-refractivity contribution is 0.0526. The van der Waals surface area contributed by atoms with E-state index in [1.807, 2.05) is 17.7 Å². The fourth-order valence-electron chi connectivity index (χ4n) is 1.72. The van der Waals surface area contributed by atoms with Crippen molar-refractivity contribution in [3.63, 3.8) is 0 Å². The number of amides is 1. The van der Waals surface area contributed by atoms with Crippen molar-refractivity contribution in [3.8, 4) is 0 Å². The number of hydrogen-bond donors (Lipinski definition) is 1. The van der Waals surface area contributed by atoms with Crippen LogP contribution in [-0.2, 0) is 11.3 Å². The Hall–Kier alpha value is -2.22. The molecule has 0 aromatic carbocycles. The molecule has 0 aliphatic rings. The van der Waals surface area contributed by atoms with Crippen LogP contribution in [0.4, 0.5) is 0 Å². The maximum atomic E-state index is 12.0. The van der Waals surface area contributed by atoms with Crippen molar-refractivity contribution in [2.45, 2.75) is 26.4 Å². The number of esters is 1. The molecule has 0 spiro atoms. The number of thiazole rings is 1. The van der Waals surface area contributed by atoms with Gasteiger partial charge < -0.3 is 14.6 Å². The van der Waals surface area contributed by atoms with Crippen molar-refractivity contribution < 1.29 is 14.3 Å². The van der Waals surface area contributed by atoms with Crippen molar-refractivity contribution in [1.82, 2.24) is 19.9 Å². The van der Waals surface area contributed by atoms with Crippen molar-refractivity contribution >= 4 is 23.2 Å².